The number of ether oxygens (including phenoxy) is 1. The zero-order valence-electron chi connectivity index (χ0n) is 16.1. The lowest BCUT2D eigenvalue weighted by atomic mass is 9.70. The molecule has 1 amide bonds. The number of aromatic nitrogens is 2. The van der Waals surface area contributed by atoms with Gasteiger partial charge >= 0.3 is 0 Å². The maximum Gasteiger partial charge on any atom is 0.225 e. The van der Waals surface area contributed by atoms with Crippen LogP contribution in [0.25, 0.3) is 0 Å². The standard InChI is InChI=1S/C20H26N4O2.ClH/c1-23(2)18(25)15-20(16-6-4-7-17(14-16)26-3)8-12-24(13-9-20)19-21-10-5-11-22-19;/h4-7,10-11,14H,8-9,12-13,15H2,1-3H3;1H. The zero-order chi connectivity index (χ0) is 18.6. The molecule has 0 spiro atoms. The fourth-order valence-electron chi connectivity index (χ4n) is 3.56. The van der Waals surface area contributed by atoms with Gasteiger partial charge in [-0.15, -0.1) is 12.4 Å². The van der Waals surface area contributed by atoms with Crippen molar-refractivity contribution in [1.82, 2.24) is 14.9 Å². The first-order chi connectivity index (χ1) is 12.5. The first kappa shape index (κ1) is 21.0. The van der Waals surface area contributed by atoms with Crippen molar-refractivity contribution in [3.8, 4) is 5.75 Å². The summed E-state index contributed by atoms with van der Waals surface area (Å²) in [5, 5.41) is 0. The summed E-state index contributed by atoms with van der Waals surface area (Å²) >= 11 is 0. The smallest absolute Gasteiger partial charge is 0.225 e. The molecule has 0 aliphatic carbocycles. The number of hydrogen-bond donors (Lipinski definition) is 0. The van der Waals surface area contributed by atoms with Crippen LogP contribution in [0.1, 0.15) is 24.8 Å². The van der Waals surface area contributed by atoms with Gasteiger partial charge in [0.2, 0.25) is 11.9 Å². The zero-order valence-corrected chi connectivity index (χ0v) is 16.9. The Kier molecular flexibility index (Phi) is 7.02. The van der Waals surface area contributed by atoms with Crippen LogP contribution in [0.4, 0.5) is 5.95 Å². The van der Waals surface area contributed by atoms with Gasteiger partial charge in [0.1, 0.15) is 5.75 Å². The Morgan fingerprint density at radius 1 is 1.19 bits per heavy atom. The average molecular weight is 391 g/mol. The first-order valence-electron chi connectivity index (χ1n) is 8.91. The van der Waals surface area contributed by atoms with Crippen molar-refractivity contribution in [3.63, 3.8) is 0 Å². The second-order valence-electron chi connectivity index (χ2n) is 7.01. The number of halogens is 1. The largest absolute Gasteiger partial charge is 0.497 e. The highest BCUT2D eigenvalue weighted by Gasteiger charge is 2.39. The highest BCUT2D eigenvalue weighted by atomic mass is 35.5. The van der Waals surface area contributed by atoms with Gasteiger partial charge in [0.25, 0.3) is 0 Å². The summed E-state index contributed by atoms with van der Waals surface area (Å²) < 4.78 is 5.41. The number of amides is 1. The lowest BCUT2D eigenvalue weighted by molar-refractivity contribution is -0.130. The van der Waals surface area contributed by atoms with Gasteiger partial charge in [0.15, 0.2) is 0 Å². The topological polar surface area (TPSA) is 58.6 Å². The molecule has 2 heterocycles. The summed E-state index contributed by atoms with van der Waals surface area (Å²) in [7, 11) is 5.30. The van der Waals surface area contributed by atoms with E-state index in [9.17, 15) is 4.79 Å². The van der Waals surface area contributed by atoms with Crippen LogP contribution in [0.2, 0.25) is 0 Å². The molecule has 6 nitrogen and oxygen atoms in total. The molecule has 3 rings (SSSR count). The highest BCUT2D eigenvalue weighted by Crippen LogP contribution is 2.40. The first-order valence-corrected chi connectivity index (χ1v) is 8.91. The van der Waals surface area contributed by atoms with E-state index >= 15 is 0 Å². The summed E-state index contributed by atoms with van der Waals surface area (Å²) in [5.74, 6) is 1.73. The number of carbonyl (C=O) groups excluding carboxylic acids is 1. The highest BCUT2D eigenvalue weighted by molar-refractivity contribution is 5.85. The van der Waals surface area contributed by atoms with Crippen LogP contribution in [0.3, 0.4) is 0 Å². The van der Waals surface area contributed by atoms with Crippen LogP contribution in [-0.2, 0) is 10.2 Å². The molecule has 0 saturated carbocycles. The van der Waals surface area contributed by atoms with Gasteiger partial charge in [-0.1, -0.05) is 12.1 Å². The molecule has 2 aromatic rings. The van der Waals surface area contributed by atoms with E-state index in [2.05, 4.69) is 27.0 Å². The molecular formula is C20H27ClN4O2. The second-order valence-corrected chi connectivity index (χ2v) is 7.01. The van der Waals surface area contributed by atoms with E-state index in [1.807, 2.05) is 32.3 Å². The lowest BCUT2D eigenvalue weighted by Gasteiger charge is -2.42. The number of nitrogens with zero attached hydrogens (tertiary/aromatic N) is 4. The summed E-state index contributed by atoms with van der Waals surface area (Å²) in [6.07, 6.45) is 5.77. The molecular weight excluding hydrogens is 364 g/mol. The summed E-state index contributed by atoms with van der Waals surface area (Å²) in [4.78, 5) is 25.1. The van der Waals surface area contributed by atoms with E-state index in [0.29, 0.717) is 6.42 Å². The molecule has 7 heteroatoms. The number of methoxy groups -OCH3 is 1. The molecule has 0 N–H and O–H groups in total. The van der Waals surface area contributed by atoms with Crippen LogP contribution < -0.4 is 9.64 Å². The van der Waals surface area contributed by atoms with Crippen molar-refractivity contribution in [2.75, 3.05) is 39.2 Å². The minimum absolute atomic E-state index is 0. The Morgan fingerprint density at radius 2 is 1.85 bits per heavy atom. The van der Waals surface area contributed by atoms with E-state index in [4.69, 9.17) is 4.74 Å². The molecule has 0 unspecified atom stereocenters. The molecule has 1 aromatic heterocycles. The van der Waals surface area contributed by atoms with Crippen LogP contribution in [0.15, 0.2) is 42.7 Å². The van der Waals surface area contributed by atoms with Gasteiger partial charge in [-0.3, -0.25) is 4.79 Å². The van der Waals surface area contributed by atoms with E-state index in [0.717, 1.165) is 37.6 Å². The van der Waals surface area contributed by atoms with Crippen LogP contribution in [0.5, 0.6) is 5.75 Å². The van der Waals surface area contributed by atoms with E-state index < -0.39 is 0 Å². The number of piperidine rings is 1. The fourth-order valence-corrected chi connectivity index (χ4v) is 3.56. The Labute approximate surface area is 167 Å². The third-order valence-corrected chi connectivity index (χ3v) is 5.23. The van der Waals surface area contributed by atoms with Gasteiger partial charge < -0.3 is 14.5 Å². The van der Waals surface area contributed by atoms with Gasteiger partial charge in [0, 0.05) is 51.4 Å². The van der Waals surface area contributed by atoms with Gasteiger partial charge in [-0.05, 0) is 36.6 Å². The predicted molar refractivity (Wildman–Crippen MR) is 109 cm³/mol. The normalized spacial score (nSPS) is 15.6. The third kappa shape index (κ3) is 4.69. The Hall–Kier alpha value is -2.34. The Bertz CT molecular complexity index is 747. The SMILES string of the molecule is COc1cccc(C2(CC(=O)N(C)C)CCN(c3ncccn3)CC2)c1.Cl. The Balaban J connectivity index is 0.00000261. The van der Waals surface area contributed by atoms with E-state index in [1.165, 1.54) is 5.56 Å². The molecule has 0 radical (unpaired) electrons. The molecule has 1 aromatic carbocycles. The van der Waals surface area contributed by atoms with Gasteiger partial charge in [-0.2, -0.15) is 0 Å². The van der Waals surface area contributed by atoms with Crippen LogP contribution in [0, 0.1) is 0 Å². The van der Waals surface area contributed by atoms with Crippen molar-refractivity contribution < 1.29 is 9.53 Å². The molecule has 1 saturated heterocycles. The minimum Gasteiger partial charge on any atom is -0.497 e. The number of anilines is 1. The second kappa shape index (κ2) is 9.04. The molecule has 1 aliphatic rings. The number of hydrogen-bond acceptors (Lipinski definition) is 5. The summed E-state index contributed by atoms with van der Waals surface area (Å²) in [6.45, 7) is 1.64. The summed E-state index contributed by atoms with van der Waals surface area (Å²) in [5.41, 5.74) is 0.974. The molecule has 0 bridgehead atoms. The summed E-state index contributed by atoms with van der Waals surface area (Å²) in [6, 6.07) is 9.95. The molecule has 1 aliphatic heterocycles. The monoisotopic (exact) mass is 390 g/mol. The molecule has 27 heavy (non-hydrogen) atoms. The van der Waals surface area contributed by atoms with Crippen LogP contribution >= 0.6 is 12.4 Å². The Morgan fingerprint density at radius 3 is 2.44 bits per heavy atom. The van der Waals surface area contributed by atoms with Crippen molar-refractivity contribution in [3.05, 3.63) is 48.3 Å². The van der Waals surface area contributed by atoms with E-state index in [1.54, 1.807) is 24.4 Å². The molecule has 0 atom stereocenters. The maximum absolute atomic E-state index is 12.6. The third-order valence-electron chi connectivity index (χ3n) is 5.23. The van der Waals surface area contributed by atoms with E-state index in [-0.39, 0.29) is 23.7 Å². The number of carbonyl (C=O) groups is 1. The maximum atomic E-state index is 12.6. The van der Waals surface area contributed by atoms with Gasteiger partial charge in [-0.25, -0.2) is 9.97 Å². The average Bonchev–Trinajstić information content (AvgIpc) is 2.69. The molecule has 1 fully saturated rings. The number of rotatable bonds is 5. The molecule has 146 valence electrons. The minimum atomic E-state index is -0.193. The van der Waals surface area contributed by atoms with Crippen molar-refractivity contribution in [2.24, 2.45) is 0 Å². The van der Waals surface area contributed by atoms with Crippen molar-refractivity contribution in [1.29, 1.82) is 0 Å². The van der Waals surface area contributed by atoms with Crippen LogP contribution in [-0.4, -0.2) is 55.1 Å². The fraction of sp³-hybridized carbons (Fsp3) is 0.450. The quantitative estimate of drug-likeness (QED) is 0.785. The lowest BCUT2D eigenvalue weighted by Crippen LogP contribution is -2.45. The van der Waals surface area contributed by atoms with Crippen molar-refractivity contribution in [2.45, 2.75) is 24.7 Å². The predicted octanol–water partition coefficient (Wildman–Crippen LogP) is 2.92. The van der Waals surface area contributed by atoms with Crippen molar-refractivity contribution >= 4 is 24.3 Å². The number of benzene rings is 1. The van der Waals surface area contributed by atoms with Gasteiger partial charge in [0.05, 0.1) is 7.11 Å².